The molecule has 2 rings (SSSR count). The van der Waals surface area contributed by atoms with Crippen LogP contribution in [-0.2, 0) is 0 Å². The van der Waals surface area contributed by atoms with Gasteiger partial charge in [-0.15, -0.1) is 0 Å². The van der Waals surface area contributed by atoms with Crippen LogP contribution in [0.3, 0.4) is 0 Å². The molecule has 5 nitrogen and oxygen atoms in total. The number of nitro benzene ring substituents is 1. The van der Waals surface area contributed by atoms with Gasteiger partial charge in [0.2, 0.25) is 0 Å². The van der Waals surface area contributed by atoms with Gasteiger partial charge in [0.15, 0.2) is 0 Å². The number of carbonyl (C=O) groups is 1. The lowest BCUT2D eigenvalue weighted by atomic mass is 10.0. The molecule has 0 N–H and O–H groups in total. The van der Waals surface area contributed by atoms with Crippen molar-refractivity contribution in [2.75, 3.05) is 11.4 Å². The number of hydrogen-bond acceptors (Lipinski definition) is 4. The van der Waals surface area contributed by atoms with Gasteiger partial charge in [-0.2, -0.15) is 0 Å². The van der Waals surface area contributed by atoms with Gasteiger partial charge < -0.3 is 4.90 Å². The standard InChI is InChI=1S/C13H14Cl2N2O3/c1-8-4-2-3-5-16(8)12-10(14)6-9(13(15)18)7-11(12)17(19)20/h6-8H,2-5H2,1H3. The highest BCUT2D eigenvalue weighted by Crippen LogP contribution is 2.40. The maximum Gasteiger partial charge on any atom is 0.294 e. The molecule has 1 saturated heterocycles. The van der Waals surface area contributed by atoms with Crippen molar-refractivity contribution in [1.29, 1.82) is 0 Å². The maximum absolute atomic E-state index is 11.3. The van der Waals surface area contributed by atoms with Gasteiger partial charge in [0.25, 0.3) is 10.9 Å². The zero-order valence-corrected chi connectivity index (χ0v) is 12.4. The molecule has 0 spiro atoms. The van der Waals surface area contributed by atoms with Crippen LogP contribution in [0.15, 0.2) is 12.1 Å². The van der Waals surface area contributed by atoms with E-state index in [4.69, 9.17) is 23.2 Å². The topological polar surface area (TPSA) is 63.5 Å². The van der Waals surface area contributed by atoms with Crippen LogP contribution >= 0.6 is 23.2 Å². The zero-order chi connectivity index (χ0) is 14.9. The Hall–Kier alpha value is -1.33. The molecule has 0 aliphatic carbocycles. The van der Waals surface area contributed by atoms with Crippen LogP contribution < -0.4 is 4.90 Å². The second-order valence-electron chi connectivity index (χ2n) is 4.89. The molecule has 1 unspecified atom stereocenters. The predicted molar refractivity (Wildman–Crippen MR) is 78.9 cm³/mol. The highest BCUT2D eigenvalue weighted by Gasteiger charge is 2.29. The summed E-state index contributed by atoms with van der Waals surface area (Å²) in [6.07, 6.45) is 3.03. The maximum atomic E-state index is 11.3. The van der Waals surface area contributed by atoms with Gasteiger partial charge in [-0.3, -0.25) is 14.9 Å². The molecule has 0 amide bonds. The van der Waals surface area contributed by atoms with E-state index in [9.17, 15) is 14.9 Å². The van der Waals surface area contributed by atoms with E-state index < -0.39 is 10.2 Å². The molecule has 0 aromatic heterocycles. The summed E-state index contributed by atoms with van der Waals surface area (Å²) in [4.78, 5) is 23.9. The first kappa shape index (κ1) is 15.1. The number of nitrogens with zero attached hydrogens (tertiary/aromatic N) is 2. The summed E-state index contributed by atoms with van der Waals surface area (Å²) in [5, 5.41) is 10.7. The van der Waals surface area contributed by atoms with E-state index >= 15 is 0 Å². The SMILES string of the molecule is CC1CCCCN1c1c(Cl)cc(C(=O)Cl)cc1[N+](=O)[O-]. The first-order valence-corrected chi connectivity index (χ1v) is 7.12. The first-order chi connectivity index (χ1) is 9.41. The fourth-order valence-electron chi connectivity index (χ4n) is 2.55. The van der Waals surface area contributed by atoms with Gasteiger partial charge in [-0.1, -0.05) is 11.6 Å². The van der Waals surface area contributed by atoms with Crippen LogP contribution in [-0.4, -0.2) is 22.8 Å². The summed E-state index contributed by atoms with van der Waals surface area (Å²) in [6, 6.07) is 2.76. The number of nitro groups is 1. The molecule has 0 saturated carbocycles. The molecular formula is C13H14Cl2N2O3. The van der Waals surface area contributed by atoms with Gasteiger partial charge in [0.05, 0.1) is 9.95 Å². The fourth-order valence-corrected chi connectivity index (χ4v) is 2.98. The summed E-state index contributed by atoms with van der Waals surface area (Å²) < 4.78 is 0. The lowest BCUT2D eigenvalue weighted by Crippen LogP contribution is -2.38. The summed E-state index contributed by atoms with van der Waals surface area (Å²) in [6.45, 7) is 2.73. The van der Waals surface area contributed by atoms with E-state index in [0.717, 1.165) is 25.8 Å². The number of piperidine rings is 1. The van der Waals surface area contributed by atoms with Gasteiger partial charge in [-0.25, -0.2) is 0 Å². The Bertz CT molecular complexity index is 563. The lowest BCUT2D eigenvalue weighted by molar-refractivity contribution is -0.384. The third kappa shape index (κ3) is 2.88. The van der Waals surface area contributed by atoms with E-state index in [1.807, 2.05) is 11.8 Å². The molecule has 1 aromatic rings. The number of carbonyl (C=O) groups excluding carboxylic acids is 1. The highest BCUT2D eigenvalue weighted by molar-refractivity contribution is 6.67. The van der Waals surface area contributed by atoms with Gasteiger partial charge in [0, 0.05) is 24.2 Å². The van der Waals surface area contributed by atoms with Crippen LogP contribution in [0.2, 0.25) is 5.02 Å². The average Bonchev–Trinajstić information content (AvgIpc) is 2.38. The minimum Gasteiger partial charge on any atom is -0.362 e. The van der Waals surface area contributed by atoms with E-state index in [1.165, 1.54) is 12.1 Å². The predicted octanol–water partition coefficient (Wildman–Crippen LogP) is 4.01. The van der Waals surface area contributed by atoms with Crippen molar-refractivity contribution in [3.63, 3.8) is 0 Å². The molecule has 7 heteroatoms. The zero-order valence-electron chi connectivity index (χ0n) is 10.9. The molecule has 0 radical (unpaired) electrons. The Labute approximate surface area is 126 Å². The van der Waals surface area contributed by atoms with Crippen LogP contribution in [0.25, 0.3) is 0 Å². The van der Waals surface area contributed by atoms with Crippen LogP contribution in [0.4, 0.5) is 11.4 Å². The highest BCUT2D eigenvalue weighted by atomic mass is 35.5. The molecule has 1 atom stereocenters. The largest absolute Gasteiger partial charge is 0.362 e. The molecule has 1 heterocycles. The van der Waals surface area contributed by atoms with E-state index in [1.54, 1.807) is 0 Å². The van der Waals surface area contributed by atoms with E-state index in [-0.39, 0.29) is 22.3 Å². The Morgan fingerprint density at radius 2 is 2.15 bits per heavy atom. The molecule has 1 aliphatic heterocycles. The molecule has 1 aromatic carbocycles. The number of anilines is 1. The average molecular weight is 317 g/mol. The summed E-state index contributed by atoms with van der Waals surface area (Å²) >= 11 is 11.5. The van der Waals surface area contributed by atoms with Gasteiger partial charge >= 0.3 is 0 Å². The molecule has 108 valence electrons. The van der Waals surface area contributed by atoms with Gasteiger partial charge in [0.1, 0.15) is 5.69 Å². The molecule has 0 bridgehead atoms. The van der Waals surface area contributed by atoms with Crippen molar-refractivity contribution in [3.05, 3.63) is 32.8 Å². The Morgan fingerprint density at radius 1 is 1.45 bits per heavy atom. The Morgan fingerprint density at radius 3 is 2.70 bits per heavy atom. The molecule has 1 aliphatic rings. The fraction of sp³-hybridized carbons (Fsp3) is 0.462. The van der Waals surface area contributed by atoms with Crippen LogP contribution in [0, 0.1) is 10.1 Å². The molecule has 1 fully saturated rings. The van der Waals surface area contributed by atoms with E-state index in [0.29, 0.717) is 5.69 Å². The molecule has 20 heavy (non-hydrogen) atoms. The first-order valence-electron chi connectivity index (χ1n) is 6.36. The summed E-state index contributed by atoms with van der Waals surface area (Å²) in [5.41, 5.74) is 0.248. The van der Waals surface area contributed by atoms with Crippen molar-refractivity contribution in [1.82, 2.24) is 0 Å². The van der Waals surface area contributed by atoms with Crippen molar-refractivity contribution in [3.8, 4) is 0 Å². The van der Waals surface area contributed by atoms with Crippen molar-refractivity contribution in [2.24, 2.45) is 0 Å². The number of rotatable bonds is 3. The molecular weight excluding hydrogens is 303 g/mol. The van der Waals surface area contributed by atoms with Gasteiger partial charge in [-0.05, 0) is 43.9 Å². The van der Waals surface area contributed by atoms with E-state index in [2.05, 4.69) is 0 Å². The Kier molecular flexibility index (Phi) is 4.50. The quantitative estimate of drug-likeness (QED) is 0.480. The second-order valence-corrected chi connectivity index (χ2v) is 5.65. The van der Waals surface area contributed by atoms with Crippen LogP contribution in [0.5, 0.6) is 0 Å². The summed E-state index contributed by atoms with van der Waals surface area (Å²) in [5.74, 6) is 0. The van der Waals surface area contributed by atoms with Crippen molar-refractivity contribution < 1.29 is 9.72 Å². The third-order valence-electron chi connectivity index (χ3n) is 3.56. The normalized spacial score (nSPS) is 18.9. The minimum absolute atomic E-state index is 0.0387. The Balaban J connectivity index is 2.56. The van der Waals surface area contributed by atoms with Crippen molar-refractivity contribution >= 4 is 39.8 Å². The van der Waals surface area contributed by atoms with Crippen molar-refractivity contribution in [2.45, 2.75) is 32.2 Å². The number of hydrogen-bond donors (Lipinski definition) is 0. The second kappa shape index (κ2) is 5.97. The smallest absolute Gasteiger partial charge is 0.294 e. The minimum atomic E-state index is -0.756. The van der Waals surface area contributed by atoms with Crippen LogP contribution in [0.1, 0.15) is 36.5 Å². The lowest BCUT2D eigenvalue weighted by Gasteiger charge is -2.35. The monoisotopic (exact) mass is 316 g/mol. The number of benzene rings is 1. The third-order valence-corrected chi connectivity index (χ3v) is 4.06. The summed E-state index contributed by atoms with van der Waals surface area (Å²) in [7, 11) is 0. The number of halogens is 2.